The van der Waals surface area contributed by atoms with E-state index in [1.54, 1.807) is 12.1 Å². The van der Waals surface area contributed by atoms with Crippen LogP contribution in [-0.4, -0.2) is 46.0 Å². The number of sulfonamides is 1. The molecule has 1 fully saturated rings. The molecule has 1 aliphatic heterocycles. The fourth-order valence-corrected chi connectivity index (χ4v) is 4.16. The molecule has 1 saturated heterocycles. The predicted molar refractivity (Wildman–Crippen MR) is 116 cm³/mol. The molecule has 1 amide bonds. The number of rotatable bonds is 8. The molecular formula is C22H27N3O4S. The quantitative estimate of drug-likeness (QED) is 0.630. The van der Waals surface area contributed by atoms with Crippen LogP contribution >= 0.6 is 0 Å². The summed E-state index contributed by atoms with van der Waals surface area (Å²) in [4.78, 5) is 16.9. The highest BCUT2D eigenvalue weighted by Crippen LogP contribution is 2.18. The monoisotopic (exact) mass is 429 g/mol. The van der Waals surface area contributed by atoms with Crippen molar-refractivity contribution >= 4 is 22.0 Å². The van der Waals surface area contributed by atoms with E-state index in [0.29, 0.717) is 18.6 Å². The first-order valence-corrected chi connectivity index (χ1v) is 11.4. The molecule has 0 bridgehead atoms. The van der Waals surface area contributed by atoms with E-state index in [9.17, 15) is 13.2 Å². The van der Waals surface area contributed by atoms with E-state index in [-0.39, 0.29) is 16.7 Å². The summed E-state index contributed by atoms with van der Waals surface area (Å²) in [5.74, 6) is 0.0489. The number of likely N-dealkylation sites (tertiary alicyclic amines) is 1. The van der Waals surface area contributed by atoms with Crippen LogP contribution in [0.15, 0.2) is 65.6 Å². The lowest BCUT2D eigenvalue weighted by atomic mass is 9.96. The fraction of sp³-hybridized carbons (Fsp3) is 0.318. The molecule has 2 N–H and O–H groups in total. The normalized spacial score (nSPS) is 15.9. The molecule has 2 aromatic carbocycles. The van der Waals surface area contributed by atoms with Crippen LogP contribution in [0.2, 0.25) is 0 Å². The van der Waals surface area contributed by atoms with Gasteiger partial charge in [-0.05, 0) is 55.8 Å². The van der Waals surface area contributed by atoms with Crippen molar-refractivity contribution in [1.29, 1.82) is 0 Å². The van der Waals surface area contributed by atoms with Gasteiger partial charge in [-0.1, -0.05) is 42.5 Å². The Bertz CT molecular complexity index is 952. The maximum atomic E-state index is 12.4. The fourth-order valence-electron chi connectivity index (χ4n) is 3.31. The first-order valence-electron chi connectivity index (χ1n) is 9.87. The van der Waals surface area contributed by atoms with E-state index in [1.807, 2.05) is 18.2 Å². The zero-order valence-corrected chi connectivity index (χ0v) is 17.8. The standard InChI is InChI=1S/C22H27N3O4S/c1-29-20-9-11-21(12-10-20)30(27,28)24-23-22(26)19-13-16-25(17-14-19)15-5-8-18-6-3-2-4-7-18/h2-12,19,24H,13-17H2,1H3,(H,23,26)/b8-5+. The average Bonchev–Trinajstić information content (AvgIpc) is 2.79. The third-order valence-corrected chi connectivity index (χ3v) is 6.37. The lowest BCUT2D eigenvalue weighted by molar-refractivity contribution is -0.126. The average molecular weight is 430 g/mol. The number of carbonyl (C=O) groups excluding carboxylic acids is 1. The minimum atomic E-state index is -3.83. The molecule has 0 spiro atoms. The van der Waals surface area contributed by atoms with Crippen molar-refractivity contribution in [2.75, 3.05) is 26.7 Å². The van der Waals surface area contributed by atoms with E-state index in [0.717, 1.165) is 25.2 Å². The van der Waals surface area contributed by atoms with E-state index >= 15 is 0 Å². The van der Waals surface area contributed by atoms with Crippen molar-refractivity contribution in [3.05, 3.63) is 66.2 Å². The van der Waals surface area contributed by atoms with Gasteiger partial charge in [0.15, 0.2) is 0 Å². The second-order valence-electron chi connectivity index (χ2n) is 7.16. The summed E-state index contributed by atoms with van der Waals surface area (Å²) in [5.41, 5.74) is 3.52. The van der Waals surface area contributed by atoms with Gasteiger partial charge < -0.3 is 4.74 Å². The van der Waals surface area contributed by atoms with Crippen molar-refractivity contribution in [1.82, 2.24) is 15.2 Å². The molecular weight excluding hydrogens is 402 g/mol. The Hall–Kier alpha value is -2.68. The van der Waals surface area contributed by atoms with Crippen molar-refractivity contribution in [3.8, 4) is 5.75 Å². The van der Waals surface area contributed by atoms with Crippen LogP contribution in [0, 0.1) is 5.92 Å². The van der Waals surface area contributed by atoms with E-state index < -0.39 is 10.0 Å². The maximum Gasteiger partial charge on any atom is 0.257 e. The van der Waals surface area contributed by atoms with Gasteiger partial charge in [0.05, 0.1) is 12.0 Å². The second kappa shape index (κ2) is 10.4. The largest absolute Gasteiger partial charge is 0.497 e. The molecule has 0 radical (unpaired) electrons. The first kappa shape index (κ1) is 22.0. The van der Waals surface area contributed by atoms with E-state index in [2.05, 4.69) is 39.4 Å². The number of methoxy groups -OCH3 is 1. The second-order valence-corrected chi connectivity index (χ2v) is 8.84. The number of ether oxygens (including phenoxy) is 1. The van der Waals surface area contributed by atoms with Crippen LogP contribution in [0.1, 0.15) is 18.4 Å². The third kappa shape index (κ3) is 6.16. The van der Waals surface area contributed by atoms with Gasteiger partial charge in [0, 0.05) is 12.5 Å². The summed E-state index contributed by atoms with van der Waals surface area (Å²) < 4.78 is 29.7. The molecule has 0 unspecified atom stereocenters. The van der Waals surface area contributed by atoms with Gasteiger partial charge in [-0.15, -0.1) is 4.83 Å². The van der Waals surface area contributed by atoms with Gasteiger partial charge >= 0.3 is 0 Å². The van der Waals surface area contributed by atoms with E-state index in [1.165, 1.54) is 19.2 Å². The lowest BCUT2D eigenvalue weighted by Gasteiger charge is -2.30. The Kier molecular flexibility index (Phi) is 7.62. The highest BCUT2D eigenvalue weighted by Gasteiger charge is 2.25. The molecule has 7 nitrogen and oxygen atoms in total. The van der Waals surface area contributed by atoms with Crippen LogP contribution in [0.25, 0.3) is 6.08 Å². The number of nitrogens with zero attached hydrogens (tertiary/aromatic N) is 1. The highest BCUT2D eigenvalue weighted by molar-refractivity contribution is 7.89. The molecule has 0 aromatic heterocycles. The van der Waals surface area contributed by atoms with Crippen LogP contribution in [0.3, 0.4) is 0 Å². The lowest BCUT2D eigenvalue weighted by Crippen LogP contribution is -2.47. The van der Waals surface area contributed by atoms with Gasteiger partial charge in [0.1, 0.15) is 5.75 Å². The molecule has 30 heavy (non-hydrogen) atoms. The number of carbonyl (C=O) groups is 1. The molecule has 2 aromatic rings. The number of amides is 1. The topological polar surface area (TPSA) is 87.7 Å². The van der Waals surface area contributed by atoms with Gasteiger partial charge in [-0.2, -0.15) is 0 Å². The Morgan fingerprint density at radius 2 is 1.77 bits per heavy atom. The molecule has 0 aliphatic carbocycles. The molecule has 1 aliphatic rings. The summed E-state index contributed by atoms with van der Waals surface area (Å²) in [7, 11) is -2.32. The number of hydrazine groups is 1. The maximum absolute atomic E-state index is 12.4. The molecule has 0 saturated carbocycles. The van der Waals surface area contributed by atoms with Crippen molar-refractivity contribution < 1.29 is 17.9 Å². The zero-order valence-electron chi connectivity index (χ0n) is 17.0. The van der Waals surface area contributed by atoms with Gasteiger partial charge in [-0.3, -0.25) is 15.1 Å². The molecule has 1 heterocycles. The van der Waals surface area contributed by atoms with Crippen LogP contribution in [-0.2, 0) is 14.8 Å². The van der Waals surface area contributed by atoms with Crippen LogP contribution < -0.4 is 15.0 Å². The predicted octanol–water partition coefficient (Wildman–Crippen LogP) is 2.43. The number of benzene rings is 2. The minimum absolute atomic E-state index is 0.0589. The minimum Gasteiger partial charge on any atom is -0.497 e. The summed E-state index contributed by atoms with van der Waals surface area (Å²) in [6.45, 7) is 2.41. The molecule has 160 valence electrons. The van der Waals surface area contributed by atoms with Gasteiger partial charge in [-0.25, -0.2) is 8.42 Å². The zero-order chi connectivity index (χ0) is 21.4. The van der Waals surface area contributed by atoms with Gasteiger partial charge in [0.2, 0.25) is 5.91 Å². The number of hydrogen-bond acceptors (Lipinski definition) is 5. The SMILES string of the molecule is COc1ccc(S(=O)(=O)NNC(=O)C2CCN(C/C=C/c3ccccc3)CC2)cc1. The Morgan fingerprint density at radius 3 is 2.40 bits per heavy atom. The van der Waals surface area contributed by atoms with Crippen molar-refractivity contribution in [2.24, 2.45) is 5.92 Å². The smallest absolute Gasteiger partial charge is 0.257 e. The Balaban J connectivity index is 1.43. The van der Waals surface area contributed by atoms with Crippen LogP contribution in [0.5, 0.6) is 5.75 Å². The third-order valence-electron chi connectivity index (χ3n) is 5.11. The van der Waals surface area contributed by atoms with Crippen molar-refractivity contribution in [2.45, 2.75) is 17.7 Å². The Labute approximate surface area is 177 Å². The van der Waals surface area contributed by atoms with E-state index in [4.69, 9.17) is 4.74 Å². The first-order chi connectivity index (χ1) is 14.5. The highest BCUT2D eigenvalue weighted by atomic mass is 32.2. The molecule has 8 heteroatoms. The Morgan fingerprint density at radius 1 is 1.10 bits per heavy atom. The summed E-state index contributed by atoms with van der Waals surface area (Å²) >= 11 is 0. The summed E-state index contributed by atoms with van der Waals surface area (Å²) in [6, 6.07) is 16.1. The van der Waals surface area contributed by atoms with Gasteiger partial charge in [0.25, 0.3) is 10.0 Å². The summed E-state index contributed by atoms with van der Waals surface area (Å²) in [5, 5.41) is 0. The van der Waals surface area contributed by atoms with Crippen molar-refractivity contribution in [3.63, 3.8) is 0 Å². The van der Waals surface area contributed by atoms with Crippen LogP contribution in [0.4, 0.5) is 0 Å². The molecule has 3 rings (SSSR count). The number of piperidine rings is 1. The number of nitrogens with one attached hydrogen (secondary N) is 2. The number of hydrogen-bond donors (Lipinski definition) is 2. The summed E-state index contributed by atoms with van der Waals surface area (Å²) in [6.07, 6.45) is 5.59. The molecule has 0 atom stereocenters.